The molecule has 2 unspecified atom stereocenters. The Balaban J connectivity index is 2.22. The van der Waals surface area contributed by atoms with Crippen LogP contribution in [-0.2, 0) is 0 Å². The van der Waals surface area contributed by atoms with Crippen LogP contribution in [0.3, 0.4) is 0 Å². The summed E-state index contributed by atoms with van der Waals surface area (Å²) in [5.74, 6) is 0.800. The monoisotopic (exact) mass is 283 g/mol. The van der Waals surface area contributed by atoms with E-state index in [1.807, 2.05) is 0 Å². The highest BCUT2D eigenvalue weighted by atomic mass is 35.5. The van der Waals surface area contributed by atoms with Crippen molar-refractivity contribution in [1.82, 2.24) is 5.32 Å². The van der Waals surface area contributed by atoms with E-state index in [1.165, 1.54) is 14.2 Å². The first-order chi connectivity index (χ1) is 9.17. The number of ether oxygens (including phenoxy) is 2. The average molecular weight is 284 g/mol. The zero-order chi connectivity index (χ0) is 13.8. The number of carbonyl (C=O) groups is 1. The molecule has 2 rings (SSSR count). The fourth-order valence-corrected chi connectivity index (χ4v) is 2.74. The van der Waals surface area contributed by atoms with Crippen LogP contribution in [0.5, 0.6) is 11.5 Å². The van der Waals surface area contributed by atoms with Crippen LogP contribution in [0, 0.1) is 0 Å². The van der Waals surface area contributed by atoms with Crippen molar-refractivity contribution in [3.8, 4) is 11.5 Å². The van der Waals surface area contributed by atoms with Gasteiger partial charge in [0.2, 0.25) is 0 Å². The number of nitrogens with one attached hydrogen (secondary N) is 1. The van der Waals surface area contributed by atoms with Gasteiger partial charge in [-0.1, -0.05) is 6.07 Å². The standard InChI is InChI=1S/C14H18ClNO3/c1-18-11-7-4-8-12(19-2)13(11)14(17)16-10-6-3-5-9(10)15/h4,7-10H,3,5-6H2,1-2H3,(H,16,17). The summed E-state index contributed by atoms with van der Waals surface area (Å²) in [6.07, 6.45) is 2.90. The predicted molar refractivity (Wildman–Crippen MR) is 74.3 cm³/mol. The first-order valence-electron chi connectivity index (χ1n) is 6.33. The summed E-state index contributed by atoms with van der Waals surface area (Å²) in [6, 6.07) is 5.28. The summed E-state index contributed by atoms with van der Waals surface area (Å²) >= 11 is 6.18. The second-order valence-corrected chi connectivity index (χ2v) is 5.12. The van der Waals surface area contributed by atoms with Gasteiger partial charge in [-0.05, 0) is 31.4 Å². The number of methoxy groups -OCH3 is 2. The molecule has 0 saturated heterocycles. The van der Waals surface area contributed by atoms with Gasteiger partial charge in [0.15, 0.2) is 0 Å². The molecule has 1 aliphatic carbocycles. The highest BCUT2D eigenvalue weighted by molar-refractivity contribution is 6.21. The van der Waals surface area contributed by atoms with Crippen LogP contribution in [0.4, 0.5) is 0 Å². The molecular formula is C14H18ClNO3. The van der Waals surface area contributed by atoms with Gasteiger partial charge in [-0.3, -0.25) is 4.79 Å². The van der Waals surface area contributed by atoms with Crippen molar-refractivity contribution in [3.63, 3.8) is 0 Å². The van der Waals surface area contributed by atoms with E-state index in [9.17, 15) is 4.79 Å². The molecule has 1 N–H and O–H groups in total. The van der Waals surface area contributed by atoms with Crippen LogP contribution < -0.4 is 14.8 Å². The van der Waals surface area contributed by atoms with E-state index in [1.54, 1.807) is 18.2 Å². The molecule has 0 heterocycles. The van der Waals surface area contributed by atoms with Gasteiger partial charge in [-0.15, -0.1) is 11.6 Å². The Bertz CT molecular complexity index is 442. The van der Waals surface area contributed by atoms with Gasteiger partial charge in [0.1, 0.15) is 17.1 Å². The summed E-state index contributed by atoms with van der Waals surface area (Å²) in [5, 5.41) is 2.97. The molecule has 2 atom stereocenters. The maximum atomic E-state index is 12.4. The van der Waals surface area contributed by atoms with Crippen LogP contribution in [0.25, 0.3) is 0 Å². The van der Waals surface area contributed by atoms with Crippen molar-refractivity contribution in [2.24, 2.45) is 0 Å². The number of alkyl halides is 1. The van der Waals surface area contributed by atoms with Gasteiger partial charge < -0.3 is 14.8 Å². The van der Waals surface area contributed by atoms with Crippen molar-refractivity contribution in [1.29, 1.82) is 0 Å². The van der Waals surface area contributed by atoms with E-state index >= 15 is 0 Å². The molecule has 1 aromatic carbocycles. The maximum Gasteiger partial charge on any atom is 0.259 e. The quantitative estimate of drug-likeness (QED) is 0.864. The summed E-state index contributed by atoms with van der Waals surface area (Å²) < 4.78 is 10.5. The second-order valence-electron chi connectivity index (χ2n) is 4.56. The molecule has 1 fully saturated rings. The third-order valence-corrected chi connectivity index (χ3v) is 3.93. The Morgan fingerprint density at radius 3 is 2.37 bits per heavy atom. The van der Waals surface area contributed by atoms with Crippen molar-refractivity contribution in [2.45, 2.75) is 30.7 Å². The lowest BCUT2D eigenvalue weighted by Crippen LogP contribution is -2.38. The Kier molecular flexibility index (Phi) is 4.53. The topological polar surface area (TPSA) is 47.6 Å². The van der Waals surface area contributed by atoms with Gasteiger partial charge in [-0.25, -0.2) is 0 Å². The molecule has 19 heavy (non-hydrogen) atoms. The van der Waals surface area contributed by atoms with Gasteiger partial charge in [0.25, 0.3) is 5.91 Å². The summed E-state index contributed by atoms with van der Waals surface area (Å²) in [4.78, 5) is 12.4. The second kappa shape index (κ2) is 6.15. The lowest BCUT2D eigenvalue weighted by Gasteiger charge is -2.18. The number of rotatable bonds is 4. The Labute approximate surface area is 118 Å². The number of amides is 1. The molecule has 0 spiro atoms. The molecule has 0 bridgehead atoms. The fourth-order valence-electron chi connectivity index (χ4n) is 2.39. The first-order valence-corrected chi connectivity index (χ1v) is 6.77. The van der Waals surface area contributed by atoms with E-state index in [2.05, 4.69) is 5.32 Å². The highest BCUT2D eigenvalue weighted by Gasteiger charge is 2.28. The van der Waals surface area contributed by atoms with Gasteiger partial charge in [0, 0.05) is 6.04 Å². The average Bonchev–Trinajstić information content (AvgIpc) is 2.83. The smallest absolute Gasteiger partial charge is 0.259 e. The maximum absolute atomic E-state index is 12.4. The van der Waals surface area contributed by atoms with E-state index < -0.39 is 0 Å². The van der Waals surface area contributed by atoms with Crippen LogP contribution in [-0.4, -0.2) is 31.5 Å². The highest BCUT2D eigenvalue weighted by Crippen LogP contribution is 2.30. The number of hydrogen-bond donors (Lipinski definition) is 1. The summed E-state index contributed by atoms with van der Waals surface area (Å²) in [5.41, 5.74) is 0.420. The molecule has 0 aromatic heterocycles. The normalized spacial score (nSPS) is 22.1. The SMILES string of the molecule is COc1cccc(OC)c1C(=O)NC1CCCC1Cl. The number of benzene rings is 1. The van der Waals surface area contributed by atoms with Crippen molar-refractivity contribution in [2.75, 3.05) is 14.2 Å². The zero-order valence-electron chi connectivity index (χ0n) is 11.1. The molecule has 1 aromatic rings. The molecule has 1 saturated carbocycles. The molecule has 104 valence electrons. The Hall–Kier alpha value is -1.42. The molecule has 0 radical (unpaired) electrons. The van der Waals surface area contributed by atoms with E-state index in [4.69, 9.17) is 21.1 Å². The van der Waals surface area contributed by atoms with Crippen molar-refractivity contribution < 1.29 is 14.3 Å². The largest absolute Gasteiger partial charge is 0.496 e. The Morgan fingerprint density at radius 1 is 1.26 bits per heavy atom. The lowest BCUT2D eigenvalue weighted by molar-refractivity contribution is 0.0932. The minimum absolute atomic E-state index is 0.00431. The molecule has 4 nitrogen and oxygen atoms in total. The van der Waals surface area contributed by atoms with Crippen LogP contribution >= 0.6 is 11.6 Å². The van der Waals surface area contributed by atoms with Crippen molar-refractivity contribution >= 4 is 17.5 Å². The molecular weight excluding hydrogens is 266 g/mol. The fraction of sp³-hybridized carbons (Fsp3) is 0.500. The summed E-state index contributed by atoms with van der Waals surface area (Å²) in [6.45, 7) is 0. The third-order valence-electron chi connectivity index (χ3n) is 3.40. The van der Waals surface area contributed by atoms with E-state index in [0.29, 0.717) is 17.1 Å². The van der Waals surface area contributed by atoms with E-state index in [-0.39, 0.29) is 17.3 Å². The molecule has 5 heteroatoms. The zero-order valence-corrected chi connectivity index (χ0v) is 11.9. The third kappa shape index (κ3) is 2.95. The number of hydrogen-bond acceptors (Lipinski definition) is 3. The van der Waals surface area contributed by atoms with Gasteiger partial charge in [0.05, 0.1) is 19.6 Å². The van der Waals surface area contributed by atoms with Gasteiger partial charge in [-0.2, -0.15) is 0 Å². The van der Waals surface area contributed by atoms with Gasteiger partial charge >= 0.3 is 0 Å². The lowest BCUT2D eigenvalue weighted by atomic mass is 10.1. The minimum Gasteiger partial charge on any atom is -0.496 e. The first kappa shape index (κ1) is 14.0. The Morgan fingerprint density at radius 2 is 1.89 bits per heavy atom. The number of carbonyl (C=O) groups excluding carboxylic acids is 1. The van der Waals surface area contributed by atoms with Crippen LogP contribution in [0.2, 0.25) is 0 Å². The molecule has 0 aliphatic heterocycles. The number of halogens is 1. The van der Waals surface area contributed by atoms with E-state index in [0.717, 1.165) is 19.3 Å². The van der Waals surface area contributed by atoms with Crippen LogP contribution in [0.15, 0.2) is 18.2 Å². The molecule has 1 aliphatic rings. The minimum atomic E-state index is -0.202. The van der Waals surface area contributed by atoms with Crippen LogP contribution in [0.1, 0.15) is 29.6 Å². The summed E-state index contributed by atoms with van der Waals surface area (Å²) in [7, 11) is 3.07. The van der Waals surface area contributed by atoms with Crippen molar-refractivity contribution in [3.05, 3.63) is 23.8 Å². The molecule has 1 amide bonds. The predicted octanol–water partition coefficient (Wildman–Crippen LogP) is 2.59.